The van der Waals surface area contributed by atoms with E-state index < -0.39 is 17.6 Å². The van der Waals surface area contributed by atoms with Crippen LogP contribution in [-0.2, 0) is 14.3 Å². The number of fused-ring (bicyclic) bond motifs is 3. The molecule has 2 aromatic rings. The van der Waals surface area contributed by atoms with Gasteiger partial charge in [0.25, 0.3) is 0 Å². The maximum atomic E-state index is 13.2. The van der Waals surface area contributed by atoms with Crippen LogP contribution >= 0.6 is 0 Å². The largest absolute Gasteiger partial charge is 0.480 e. The number of carboxylic acid groups (broad SMARTS) is 1. The number of hydrogen-bond acceptors (Lipinski definition) is 4. The molecule has 0 radical (unpaired) electrons. The molecule has 2 aliphatic heterocycles. The predicted octanol–water partition coefficient (Wildman–Crippen LogP) is 3.48. The first-order valence-electron chi connectivity index (χ1n) is 11.1. The first-order chi connectivity index (χ1) is 15.5. The van der Waals surface area contributed by atoms with E-state index in [1.54, 1.807) is 4.90 Å². The topological polar surface area (TPSA) is 87.2 Å². The Morgan fingerprint density at radius 3 is 2.19 bits per heavy atom. The quantitative estimate of drug-likeness (QED) is 0.796. The number of carboxylic acids is 1. The van der Waals surface area contributed by atoms with Crippen molar-refractivity contribution in [3.8, 4) is 11.1 Å². The van der Waals surface area contributed by atoms with Gasteiger partial charge in [-0.15, -0.1) is 0 Å². The fourth-order valence-corrected chi connectivity index (χ4v) is 5.68. The van der Waals surface area contributed by atoms with E-state index in [1.807, 2.05) is 24.3 Å². The highest BCUT2D eigenvalue weighted by atomic mass is 16.6. The van der Waals surface area contributed by atoms with Crippen LogP contribution in [0.25, 0.3) is 11.1 Å². The summed E-state index contributed by atoms with van der Waals surface area (Å²) in [7, 11) is 0. The molecule has 5 rings (SSSR count). The standard InChI is InChI=1S/C25H26N2O5/c28-22(29)15-26-13-5-11-25(23(26)30)12-6-14-27(25)24(31)32-16-21-19-9-3-1-7-17(19)18-8-2-4-10-20(18)21/h1-4,7-10,21H,5-6,11-16H2,(H,28,29)/t25-/m0/s1. The minimum Gasteiger partial charge on any atom is -0.480 e. The summed E-state index contributed by atoms with van der Waals surface area (Å²) in [5.41, 5.74) is 3.62. The number of carbonyl (C=O) groups is 3. The van der Waals surface area contributed by atoms with E-state index in [1.165, 1.54) is 4.90 Å². The van der Waals surface area contributed by atoms with Crippen molar-refractivity contribution in [3.63, 3.8) is 0 Å². The van der Waals surface area contributed by atoms with Crippen molar-refractivity contribution in [2.45, 2.75) is 37.1 Å². The van der Waals surface area contributed by atoms with Gasteiger partial charge in [0.15, 0.2) is 0 Å². The number of piperidine rings is 1. The first-order valence-corrected chi connectivity index (χ1v) is 11.1. The summed E-state index contributed by atoms with van der Waals surface area (Å²) in [6.45, 7) is 0.723. The Hall–Kier alpha value is -3.35. The zero-order valence-electron chi connectivity index (χ0n) is 17.8. The number of hydrogen-bond donors (Lipinski definition) is 1. The number of likely N-dealkylation sites (tertiary alicyclic amines) is 2. The predicted molar refractivity (Wildman–Crippen MR) is 117 cm³/mol. The lowest BCUT2D eigenvalue weighted by Gasteiger charge is -2.43. The fourth-order valence-electron chi connectivity index (χ4n) is 5.68. The molecule has 7 heteroatoms. The molecule has 166 valence electrons. The molecule has 0 unspecified atom stereocenters. The van der Waals surface area contributed by atoms with Crippen LogP contribution in [0.5, 0.6) is 0 Å². The second-order valence-electron chi connectivity index (χ2n) is 8.81. The Bertz CT molecular complexity index is 1040. The van der Waals surface area contributed by atoms with Crippen LogP contribution in [0, 0.1) is 0 Å². The molecule has 2 aromatic carbocycles. The second-order valence-corrected chi connectivity index (χ2v) is 8.81. The average Bonchev–Trinajstić information content (AvgIpc) is 3.35. The van der Waals surface area contributed by atoms with Crippen molar-refractivity contribution in [2.75, 3.05) is 26.2 Å². The van der Waals surface area contributed by atoms with E-state index in [4.69, 9.17) is 9.84 Å². The zero-order valence-corrected chi connectivity index (χ0v) is 17.8. The number of amides is 2. The lowest BCUT2D eigenvalue weighted by Crippen LogP contribution is -2.62. The molecule has 3 aliphatic rings. The van der Waals surface area contributed by atoms with E-state index >= 15 is 0 Å². The van der Waals surface area contributed by atoms with Gasteiger partial charge in [-0.25, -0.2) is 4.79 Å². The lowest BCUT2D eigenvalue weighted by atomic mass is 9.85. The van der Waals surface area contributed by atoms with Gasteiger partial charge in [0, 0.05) is 19.0 Å². The Kier molecular flexibility index (Phi) is 5.12. The van der Waals surface area contributed by atoms with Gasteiger partial charge in [0.2, 0.25) is 5.91 Å². The van der Waals surface area contributed by atoms with Gasteiger partial charge >= 0.3 is 12.1 Å². The van der Waals surface area contributed by atoms with Crippen LogP contribution in [0.4, 0.5) is 4.79 Å². The molecule has 2 amide bonds. The smallest absolute Gasteiger partial charge is 0.410 e. The number of carbonyl (C=O) groups excluding carboxylic acids is 2. The SMILES string of the molecule is O=C(O)CN1CCC[C@]2(CCCN2C(=O)OCC2c3ccccc3-c3ccccc32)C1=O. The molecule has 0 saturated carbocycles. The van der Waals surface area contributed by atoms with Gasteiger partial charge in [-0.3, -0.25) is 14.5 Å². The van der Waals surface area contributed by atoms with Crippen molar-refractivity contribution < 1.29 is 24.2 Å². The Labute approximate surface area is 186 Å². The molecule has 0 bridgehead atoms. The Balaban J connectivity index is 1.34. The molecule has 1 aliphatic carbocycles. The van der Waals surface area contributed by atoms with Gasteiger partial charge in [0.05, 0.1) is 0 Å². The van der Waals surface area contributed by atoms with Gasteiger partial charge in [-0.05, 0) is 47.9 Å². The third-order valence-corrected chi connectivity index (χ3v) is 7.08. The number of aliphatic carboxylic acids is 1. The molecule has 32 heavy (non-hydrogen) atoms. The molecular formula is C25H26N2O5. The molecule has 1 atom stereocenters. The maximum Gasteiger partial charge on any atom is 0.410 e. The van der Waals surface area contributed by atoms with Gasteiger partial charge in [-0.2, -0.15) is 0 Å². The van der Waals surface area contributed by atoms with Crippen LogP contribution in [0.1, 0.15) is 42.7 Å². The Morgan fingerprint density at radius 1 is 0.969 bits per heavy atom. The van der Waals surface area contributed by atoms with E-state index in [9.17, 15) is 14.4 Å². The van der Waals surface area contributed by atoms with E-state index in [0.29, 0.717) is 38.8 Å². The summed E-state index contributed by atoms with van der Waals surface area (Å²) in [6, 6.07) is 16.3. The third-order valence-electron chi connectivity index (χ3n) is 7.08. The van der Waals surface area contributed by atoms with Crippen LogP contribution in [0.2, 0.25) is 0 Å². The van der Waals surface area contributed by atoms with Crippen LogP contribution in [0.3, 0.4) is 0 Å². The van der Waals surface area contributed by atoms with Gasteiger partial charge in [-0.1, -0.05) is 48.5 Å². The summed E-state index contributed by atoms with van der Waals surface area (Å²) in [4.78, 5) is 40.5. The van der Waals surface area contributed by atoms with E-state index in [0.717, 1.165) is 22.3 Å². The van der Waals surface area contributed by atoms with Gasteiger partial charge in [0.1, 0.15) is 18.7 Å². The minimum absolute atomic E-state index is 0.0459. The van der Waals surface area contributed by atoms with Crippen molar-refractivity contribution >= 4 is 18.0 Å². The monoisotopic (exact) mass is 434 g/mol. The zero-order chi connectivity index (χ0) is 22.3. The molecule has 7 nitrogen and oxygen atoms in total. The van der Waals surface area contributed by atoms with Gasteiger partial charge < -0.3 is 14.7 Å². The van der Waals surface area contributed by atoms with Crippen molar-refractivity contribution in [3.05, 3.63) is 59.7 Å². The highest BCUT2D eigenvalue weighted by Crippen LogP contribution is 2.45. The fraction of sp³-hybridized carbons (Fsp3) is 0.400. The summed E-state index contributed by atoms with van der Waals surface area (Å²) < 4.78 is 5.82. The van der Waals surface area contributed by atoms with Crippen LogP contribution in [0.15, 0.2) is 48.5 Å². The van der Waals surface area contributed by atoms with Crippen LogP contribution in [-0.4, -0.2) is 64.7 Å². The summed E-state index contributed by atoms with van der Waals surface area (Å²) >= 11 is 0. The molecular weight excluding hydrogens is 408 g/mol. The molecule has 1 spiro atoms. The van der Waals surface area contributed by atoms with E-state index in [-0.39, 0.29) is 25.0 Å². The molecule has 0 aromatic heterocycles. The average molecular weight is 434 g/mol. The van der Waals surface area contributed by atoms with Crippen molar-refractivity contribution in [1.82, 2.24) is 9.80 Å². The van der Waals surface area contributed by atoms with E-state index in [2.05, 4.69) is 24.3 Å². The maximum absolute atomic E-state index is 13.2. The normalized spacial score (nSPS) is 22.2. The Morgan fingerprint density at radius 2 is 1.56 bits per heavy atom. The van der Waals surface area contributed by atoms with Crippen molar-refractivity contribution in [1.29, 1.82) is 0 Å². The molecule has 2 saturated heterocycles. The third kappa shape index (κ3) is 3.23. The number of benzene rings is 2. The summed E-state index contributed by atoms with van der Waals surface area (Å²) in [5, 5.41) is 9.16. The molecule has 2 fully saturated rings. The summed E-state index contributed by atoms with van der Waals surface area (Å²) in [5.74, 6) is -1.35. The highest BCUT2D eigenvalue weighted by molar-refractivity contribution is 5.93. The highest BCUT2D eigenvalue weighted by Gasteiger charge is 2.53. The number of nitrogens with zero attached hydrogens (tertiary/aromatic N) is 2. The molecule has 1 N–H and O–H groups in total. The van der Waals surface area contributed by atoms with Crippen LogP contribution < -0.4 is 0 Å². The summed E-state index contributed by atoms with van der Waals surface area (Å²) in [6.07, 6.45) is 1.98. The number of rotatable bonds is 4. The second kappa shape index (κ2) is 7.97. The molecule has 2 heterocycles. The van der Waals surface area contributed by atoms with Crippen molar-refractivity contribution in [2.24, 2.45) is 0 Å². The number of ether oxygens (including phenoxy) is 1. The lowest BCUT2D eigenvalue weighted by molar-refractivity contribution is -0.153. The first kappa shape index (κ1) is 20.5. The minimum atomic E-state index is -1.04.